The number of nitrogens with zero attached hydrogens (tertiary/aromatic N) is 1. The van der Waals surface area contributed by atoms with Crippen molar-refractivity contribution in [1.82, 2.24) is 4.90 Å². The second-order valence-corrected chi connectivity index (χ2v) is 5.17. The first-order valence-corrected chi connectivity index (χ1v) is 6.74. The lowest BCUT2D eigenvalue weighted by Crippen LogP contribution is -2.51. The van der Waals surface area contributed by atoms with Gasteiger partial charge >= 0.3 is 0 Å². The summed E-state index contributed by atoms with van der Waals surface area (Å²) in [5.41, 5.74) is 9.17. The van der Waals surface area contributed by atoms with Gasteiger partial charge in [0.25, 0.3) is 0 Å². The Labute approximate surface area is 105 Å². The quantitative estimate of drug-likeness (QED) is 0.864. The van der Waals surface area contributed by atoms with Crippen molar-refractivity contribution in [1.29, 1.82) is 0 Å². The Morgan fingerprint density at radius 1 is 1.35 bits per heavy atom. The van der Waals surface area contributed by atoms with Crippen LogP contribution in [0.1, 0.15) is 37.3 Å². The summed E-state index contributed by atoms with van der Waals surface area (Å²) in [7, 11) is 2.22. The molecule has 1 unspecified atom stereocenters. The molecule has 0 radical (unpaired) electrons. The van der Waals surface area contributed by atoms with E-state index in [2.05, 4.69) is 43.1 Å². The predicted molar refractivity (Wildman–Crippen MR) is 73.0 cm³/mol. The SMILES string of the molecule is CCCN(C)C1(CN)CCCc2ccccc21. The molecule has 1 atom stereocenters. The average molecular weight is 232 g/mol. The number of benzene rings is 1. The molecule has 1 aliphatic carbocycles. The van der Waals surface area contributed by atoms with Crippen LogP contribution in [0.4, 0.5) is 0 Å². The monoisotopic (exact) mass is 232 g/mol. The van der Waals surface area contributed by atoms with Gasteiger partial charge in [-0.15, -0.1) is 0 Å². The third kappa shape index (κ3) is 2.12. The maximum Gasteiger partial charge on any atom is 0.0584 e. The van der Waals surface area contributed by atoms with Crippen LogP contribution in [0, 0.1) is 0 Å². The molecule has 94 valence electrons. The van der Waals surface area contributed by atoms with Crippen LogP contribution >= 0.6 is 0 Å². The molecule has 0 aliphatic heterocycles. The van der Waals surface area contributed by atoms with Crippen molar-refractivity contribution >= 4 is 0 Å². The van der Waals surface area contributed by atoms with Crippen molar-refractivity contribution in [2.45, 2.75) is 38.1 Å². The predicted octanol–water partition coefficient (Wildman–Crippen LogP) is 2.52. The molecule has 1 aromatic carbocycles. The largest absolute Gasteiger partial charge is 0.328 e. The van der Waals surface area contributed by atoms with Crippen molar-refractivity contribution in [3.8, 4) is 0 Å². The Hall–Kier alpha value is -0.860. The zero-order valence-electron chi connectivity index (χ0n) is 11.1. The molecule has 2 rings (SSSR count). The summed E-state index contributed by atoms with van der Waals surface area (Å²) in [6.45, 7) is 4.07. The van der Waals surface area contributed by atoms with Gasteiger partial charge in [-0.25, -0.2) is 0 Å². The van der Waals surface area contributed by atoms with Gasteiger partial charge in [-0.2, -0.15) is 0 Å². The summed E-state index contributed by atoms with van der Waals surface area (Å²) in [6.07, 6.45) is 4.83. The molecule has 0 aromatic heterocycles. The Kier molecular flexibility index (Phi) is 3.85. The molecule has 0 saturated carbocycles. The Morgan fingerprint density at radius 3 is 2.82 bits per heavy atom. The molecule has 0 fully saturated rings. The summed E-state index contributed by atoms with van der Waals surface area (Å²) < 4.78 is 0. The molecule has 0 amide bonds. The number of fused-ring (bicyclic) bond motifs is 1. The molecule has 2 N–H and O–H groups in total. The van der Waals surface area contributed by atoms with E-state index in [-0.39, 0.29) is 5.54 Å². The van der Waals surface area contributed by atoms with Crippen LogP contribution in [-0.4, -0.2) is 25.0 Å². The highest BCUT2D eigenvalue weighted by molar-refractivity contribution is 5.36. The van der Waals surface area contributed by atoms with Crippen LogP contribution in [-0.2, 0) is 12.0 Å². The van der Waals surface area contributed by atoms with E-state index >= 15 is 0 Å². The average Bonchev–Trinajstić information content (AvgIpc) is 2.38. The van der Waals surface area contributed by atoms with Gasteiger partial charge in [-0.1, -0.05) is 31.2 Å². The molecule has 0 spiro atoms. The van der Waals surface area contributed by atoms with Gasteiger partial charge in [0, 0.05) is 6.54 Å². The Morgan fingerprint density at radius 2 is 2.12 bits per heavy atom. The van der Waals surface area contributed by atoms with Crippen LogP contribution in [0.15, 0.2) is 24.3 Å². The first-order chi connectivity index (χ1) is 8.24. The zero-order chi connectivity index (χ0) is 12.3. The molecule has 2 nitrogen and oxygen atoms in total. The van der Waals surface area contributed by atoms with Crippen molar-refractivity contribution in [3.05, 3.63) is 35.4 Å². The summed E-state index contributed by atoms with van der Waals surface area (Å²) in [5, 5.41) is 0. The molecular formula is C15H24N2. The van der Waals surface area contributed by atoms with Crippen LogP contribution < -0.4 is 5.73 Å². The smallest absolute Gasteiger partial charge is 0.0584 e. The molecule has 0 heterocycles. The summed E-state index contributed by atoms with van der Waals surface area (Å²) in [4.78, 5) is 2.46. The van der Waals surface area contributed by atoms with Crippen molar-refractivity contribution < 1.29 is 0 Å². The molecule has 1 aliphatic rings. The van der Waals surface area contributed by atoms with Gasteiger partial charge in [0.15, 0.2) is 0 Å². The molecule has 0 saturated heterocycles. The highest BCUT2D eigenvalue weighted by Crippen LogP contribution is 2.38. The highest BCUT2D eigenvalue weighted by Gasteiger charge is 2.38. The first-order valence-electron chi connectivity index (χ1n) is 6.74. The number of hydrogen-bond donors (Lipinski definition) is 1. The third-order valence-corrected chi connectivity index (χ3v) is 4.18. The van der Waals surface area contributed by atoms with Gasteiger partial charge in [-0.3, -0.25) is 4.90 Å². The van der Waals surface area contributed by atoms with Crippen LogP contribution in [0.2, 0.25) is 0 Å². The molecule has 0 bridgehead atoms. The van der Waals surface area contributed by atoms with Gasteiger partial charge in [0.2, 0.25) is 0 Å². The third-order valence-electron chi connectivity index (χ3n) is 4.18. The maximum atomic E-state index is 6.14. The second-order valence-electron chi connectivity index (χ2n) is 5.17. The topological polar surface area (TPSA) is 29.3 Å². The summed E-state index contributed by atoms with van der Waals surface area (Å²) in [5.74, 6) is 0. The zero-order valence-corrected chi connectivity index (χ0v) is 11.1. The van der Waals surface area contributed by atoms with Crippen LogP contribution in [0.5, 0.6) is 0 Å². The van der Waals surface area contributed by atoms with Crippen molar-refractivity contribution in [3.63, 3.8) is 0 Å². The van der Waals surface area contributed by atoms with E-state index in [9.17, 15) is 0 Å². The van der Waals surface area contributed by atoms with Crippen LogP contribution in [0.3, 0.4) is 0 Å². The minimum Gasteiger partial charge on any atom is -0.328 e. The van der Waals surface area contributed by atoms with Crippen LogP contribution in [0.25, 0.3) is 0 Å². The van der Waals surface area contributed by atoms with E-state index in [1.807, 2.05) is 0 Å². The molecule has 1 aromatic rings. The van der Waals surface area contributed by atoms with E-state index in [0.29, 0.717) is 0 Å². The Balaban J connectivity index is 2.41. The lowest BCUT2D eigenvalue weighted by molar-refractivity contribution is 0.104. The number of hydrogen-bond acceptors (Lipinski definition) is 2. The second kappa shape index (κ2) is 5.19. The molecule has 2 heteroatoms. The lowest BCUT2D eigenvalue weighted by atomic mass is 9.75. The maximum absolute atomic E-state index is 6.14. The van der Waals surface area contributed by atoms with E-state index in [1.54, 1.807) is 0 Å². The minimum absolute atomic E-state index is 0.0743. The fourth-order valence-corrected chi connectivity index (χ4v) is 3.21. The van der Waals surface area contributed by atoms with Gasteiger partial charge in [0.05, 0.1) is 5.54 Å². The normalized spacial score (nSPS) is 23.8. The number of rotatable bonds is 4. The first kappa shape index (κ1) is 12.6. The van der Waals surface area contributed by atoms with Gasteiger partial charge in [0.1, 0.15) is 0 Å². The fourth-order valence-electron chi connectivity index (χ4n) is 3.21. The lowest BCUT2D eigenvalue weighted by Gasteiger charge is -2.45. The van der Waals surface area contributed by atoms with Crippen molar-refractivity contribution in [2.24, 2.45) is 5.73 Å². The number of likely N-dealkylation sites (N-methyl/N-ethyl adjacent to an activating group) is 1. The standard InChI is InChI=1S/C15H24N2/c1-3-11-17(2)15(12-16)10-6-8-13-7-4-5-9-14(13)15/h4-5,7,9H,3,6,8,10-12,16H2,1-2H3. The van der Waals surface area contributed by atoms with Crippen molar-refractivity contribution in [2.75, 3.05) is 20.1 Å². The van der Waals surface area contributed by atoms with E-state index in [1.165, 1.54) is 36.8 Å². The van der Waals surface area contributed by atoms with E-state index < -0.39 is 0 Å². The summed E-state index contributed by atoms with van der Waals surface area (Å²) in [6, 6.07) is 8.83. The van der Waals surface area contributed by atoms with E-state index in [4.69, 9.17) is 5.73 Å². The van der Waals surface area contributed by atoms with E-state index in [0.717, 1.165) is 13.1 Å². The van der Waals surface area contributed by atoms with Gasteiger partial charge < -0.3 is 5.73 Å². The summed E-state index contributed by atoms with van der Waals surface area (Å²) >= 11 is 0. The molecular weight excluding hydrogens is 208 g/mol. The highest BCUT2D eigenvalue weighted by atomic mass is 15.2. The number of nitrogens with two attached hydrogens (primary N) is 1. The number of aryl methyl sites for hydroxylation is 1. The minimum atomic E-state index is 0.0743. The molecule has 17 heavy (non-hydrogen) atoms. The Bertz CT molecular complexity index is 375. The fraction of sp³-hybridized carbons (Fsp3) is 0.600. The van der Waals surface area contributed by atoms with Gasteiger partial charge in [-0.05, 0) is 50.4 Å².